The summed E-state index contributed by atoms with van der Waals surface area (Å²) in [5.74, 6) is 1.06. The molecule has 0 N–H and O–H groups in total. The molecule has 1 aromatic rings. The molecule has 3 heteroatoms. The Balaban J connectivity index is 2.01. The van der Waals surface area contributed by atoms with Gasteiger partial charge in [-0.2, -0.15) is 0 Å². The van der Waals surface area contributed by atoms with Gasteiger partial charge in [-0.05, 0) is 30.7 Å². The van der Waals surface area contributed by atoms with E-state index in [0.29, 0.717) is 18.4 Å². The van der Waals surface area contributed by atoms with Crippen molar-refractivity contribution in [2.24, 2.45) is 17.8 Å². The van der Waals surface area contributed by atoms with Gasteiger partial charge in [-0.15, -0.1) is 0 Å². The lowest BCUT2D eigenvalue weighted by molar-refractivity contribution is -0.149. The van der Waals surface area contributed by atoms with Crippen LogP contribution in [-0.2, 0) is 16.1 Å². The topological polar surface area (TPSA) is 29.5 Å². The van der Waals surface area contributed by atoms with Crippen LogP contribution in [0.4, 0.5) is 0 Å². The Hall–Kier alpha value is -1.35. The minimum atomic E-state index is -0.0151. The molecule has 0 bridgehead atoms. The van der Waals surface area contributed by atoms with Crippen LogP contribution < -0.4 is 0 Å². The van der Waals surface area contributed by atoms with Crippen molar-refractivity contribution in [2.45, 2.75) is 33.7 Å². The van der Waals surface area contributed by atoms with Gasteiger partial charge in [0.15, 0.2) is 0 Å². The number of esters is 1. The molecule has 0 aromatic heterocycles. The highest BCUT2D eigenvalue weighted by Gasteiger charge is 2.38. The maximum Gasteiger partial charge on any atom is 0.310 e. The molecule has 0 spiro atoms. The third kappa shape index (κ3) is 4.57. The van der Waals surface area contributed by atoms with E-state index in [-0.39, 0.29) is 11.9 Å². The number of hydrogen-bond donors (Lipinski definition) is 0. The van der Waals surface area contributed by atoms with Crippen molar-refractivity contribution in [3.63, 3.8) is 0 Å². The van der Waals surface area contributed by atoms with Crippen LogP contribution in [0.3, 0.4) is 0 Å². The second-order valence-electron chi connectivity index (χ2n) is 6.43. The first-order valence-electron chi connectivity index (χ1n) is 8.03. The van der Waals surface area contributed by atoms with Gasteiger partial charge in [0.05, 0.1) is 12.5 Å². The lowest BCUT2D eigenvalue weighted by Gasteiger charge is -2.18. The van der Waals surface area contributed by atoms with Crippen LogP contribution in [0, 0.1) is 17.8 Å². The Bertz CT molecular complexity index is 444. The van der Waals surface area contributed by atoms with Crippen LogP contribution in [0.5, 0.6) is 0 Å². The van der Waals surface area contributed by atoms with E-state index in [1.54, 1.807) is 0 Å². The first-order valence-corrected chi connectivity index (χ1v) is 8.03. The average molecular weight is 289 g/mol. The summed E-state index contributed by atoms with van der Waals surface area (Å²) in [6, 6.07) is 10.5. The molecular weight excluding hydrogens is 262 g/mol. The van der Waals surface area contributed by atoms with Gasteiger partial charge in [-0.25, -0.2) is 0 Å². The van der Waals surface area contributed by atoms with Crippen molar-refractivity contribution in [1.29, 1.82) is 0 Å². The molecule has 3 nitrogen and oxygen atoms in total. The smallest absolute Gasteiger partial charge is 0.310 e. The van der Waals surface area contributed by atoms with Crippen molar-refractivity contribution in [3.8, 4) is 0 Å². The summed E-state index contributed by atoms with van der Waals surface area (Å²) < 4.78 is 5.27. The van der Waals surface area contributed by atoms with E-state index in [0.717, 1.165) is 26.1 Å². The molecular formula is C18H27NO2. The zero-order valence-corrected chi connectivity index (χ0v) is 13.4. The molecule has 0 saturated carbocycles. The standard InChI is InChI=1S/C18H27NO2/c1-4-21-18(20)17-13-19(12-16(17)10-14(2)3)11-15-8-6-5-7-9-15/h5-9,14,16-17H,4,10-13H2,1-3H3. The second-order valence-corrected chi connectivity index (χ2v) is 6.43. The average Bonchev–Trinajstić information content (AvgIpc) is 2.82. The predicted molar refractivity (Wildman–Crippen MR) is 84.8 cm³/mol. The Morgan fingerprint density at radius 1 is 1.29 bits per heavy atom. The zero-order chi connectivity index (χ0) is 15.2. The highest BCUT2D eigenvalue weighted by molar-refractivity contribution is 5.73. The second kappa shape index (κ2) is 7.60. The van der Waals surface area contributed by atoms with Crippen molar-refractivity contribution in [1.82, 2.24) is 4.90 Å². The number of benzene rings is 1. The van der Waals surface area contributed by atoms with E-state index >= 15 is 0 Å². The lowest BCUT2D eigenvalue weighted by atomic mass is 9.88. The quantitative estimate of drug-likeness (QED) is 0.752. The minimum absolute atomic E-state index is 0.0151. The van der Waals surface area contributed by atoms with Crippen molar-refractivity contribution in [2.75, 3.05) is 19.7 Å². The highest BCUT2D eigenvalue weighted by Crippen LogP contribution is 2.31. The van der Waals surface area contributed by atoms with Crippen molar-refractivity contribution in [3.05, 3.63) is 35.9 Å². The van der Waals surface area contributed by atoms with E-state index in [1.807, 2.05) is 13.0 Å². The molecule has 2 unspecified atom stereocenters. The fourth-order valence-electron chi connectivity index (χ4n) is 3.29. The summed E-state index contributed by atoms with van der Waals surface area (Å²) >= 11 is 0. The van der Waals surface area contributed by atoms with E-state index in [9.17, 15) is 4.79 Å². The van der Waals surface area contributed by atoms with Gasteiger partial charge in [-0.1, -0.05) is 44.2 Å². The van der Waals surface area contributed by atoms with E-state index in [2.05, 4.69) is 43.0 Å². The molecule has 1 fully saturated rings. The maximum atomic E-state index is 12.2. The van der Waals surface area contributed by atoms with Crippen molar-refractivity contribution >= 4 is 5.97 Å². The van der Waals surface area contributed by atoms with Crippen LogP contribution in [0.15, 0.2) is 30.3 Å². The number of rotatable bonds is 6. The van der Waals surface area contributed by atoms with Crippen LogP contribution in [0.2, 0.25) is 0 Å². The molecule has 0 amide bonds. The lowest BCUT2D eigenvalue weighted by Crippen LogP contribution is -2.26. The number of hydrogen-bond acceptors (Lipinski definition) is 3. The summed E-state index contributed by atoms with van der Waals surface area (Å²) in [6.07, 6.45) is 1.09. The zero-order valence-electron chi connectivity index (χ0n) is 13.4. The van der Waals surface area contributed by atoms with Gasteiger partial charge < -0.3 is 4.74 Å². The monoisotopic (exact) mass is 289 g/mol. The van der Waals surface area contributed by atoms with E-state index in [4.69, 9.17) is 4.74 Å². The first kappa shape index (κ1) is 16.0. The fourth-order valence-corrected chi connectivity index (χ4v) is 3.29. The Labute approximate surface area is 128 Å². The minimum Gasteiger partial charge on any atom is -0.466 e. The third-order valence-corrected chi connectivity index (χ3v) is 4.13. The number of carbonyl (C=O) groups is 1. The predicted octanol–water partition coefficient (Wildman–Crippen LogP) is 3.34. The highest BCUT2D eigenvalue weighted by atomic mass is 16.5. The summed E-state index contributed by atoms with van der Waals surface area (Å²) in [7, 11) is 0. The first-order chi connectivity index (χ1) is 10.1. The molecule has 0 aliphatic carbocycles. The molecule has 1 heterocycles. The molecule has 2 rings (SSSR count). The number of nitrogens with zero attached hydrogens (tertiary/aromatic N) is 1. The molecule has 1 aliphatic heterocycles. The van der Waals surface area contributed by atoms with Crippen LogP contribution in [0.25, 0.3) is 0 Å². The molecule has 21 heavy (non-hydrogen) atoms. The molecule has 1 aromatic carbocycles. The molecule has 2 atom stereocenters. The van der Waals surface area contributed by atoms with Gasteiger partial charge in [0, 0.05) is 19.6 Å². The molecule has 1 aliphatic rings. The summed E-state index contributed by atoms with van der Waals surface area (Å²) in [5, 5.41) is 0. The van der Waals surface area contributed by atoms with E-state index in [1.165, 1.54) is 5.56 Å². The molecule has 116 valence electrons. The Morgan fingerprint density at radius 2 is 2.00 bits per heavy atom. The van der Waals surface area contributed by atoms with Gasteiger partial charge in [-0.3, -0.25) is 9.69 Å². The number of likely N-dealkylation sites (tertiary alicyclic amines) is 1. The summed E-state index contributed by atoms with van der Waals surface area (Å²) in [6.45, 7) is 9.55. The van der Waals surface area contributed by atoms with E-state index < -0.39 is 0 Å². The summed E-state index contributed by atoms with van der Waals surface area (Å²) in [5.41, 5.74) is 1.31. The van der Waals surface area contributed by atoms with Gasteiger partial charge >= 0.3 is 5.97 Å². The molecule has 1 saturated heterocycles. The third-order valence-electron chi connectivity index (χ3n) is 4.13. The largest absolute Gasteiger partial charge is 0.466 e. The number of ether oxygens (including phenoxy) is 1. The molecule has 0 radical (unpaired) electrons. The van der Waals surface area contributed by atoms with Gasteiger partial charge in [0.2, 0.25) is 0 Å². The van der Waals surface area contributed by atoms with Crippen molar-refractivity contribution < 1.29 is 9.53 Å². The number of carbonyl (C=O) groups excluding carboxylic acids is 1. The normalized spacial score (nSPS) is 22.7. The Kier molecular flexibility index (Phi) is 5.80. The van der Waals surface area contributed by atoms with Gasteiger partial charge in [0.1, 0.15) is 0 Å². The van der Waals surface area contributed by atoms with Crippen LogP contribution in [-0.4, -0.2) is 30.6 Å². The van der Waals surface area contributed by atoms with Crippen LogP contribution >= 0.6 is 0 Å². The Morgan fingerprint density at radius 3 is 2.62 bits per heavy atom. The van der Waals surface area contributed by atoms with Crippen LogP contribution in [0.1, 0.15) is 32.8 Å². The summed E-state index contributed by atoms with van der Waals surface area (Å²) in [4.78, 5) is 14.6. The van der Waals surface area contributed by atoms with Gasteiger partial charge in [0.25, 0.3) is 0 Å². The fraction of sp³-hybridized carbons (Fsp3) is 0.611. The SMILES string of the molecule is CCOC(=O)C1CN(Cc2ccccc2)CC1CC(C)C. The maximum absolute atomic E-state index is 12.2.